The number of amides is 1. The summed E-state index contributed by atoms with van der Waals surface area (Å²) in [6.07, 6.45) is 2.55. The van der Waals surface area contributed by atoms with Crippen molar-refractivity contribution in [2.24, 2.45) is 0 Å². The molecule has 1 heterocycles. The molecule has 1 unspecified atom stereocenters. The van der Waals surface area contributed by atoms with Crippen LogP contribution in [0, 0.1) is 0 Å². The molecule has 0 saturated carbocycles. The summed E-state index contributed by atoms with van der Waals surface area (Å²) in [7, 11) is 3.20. The van der Waals surface area contributed by atoms with Crippen molar-refractivity contribution in [2.45, 2.75) is 19.0 Å². The summed E-state index contributed by atoms with van der Waals surface area (Å²) in [6, 6.07) is 21.2. The summed E-state index contributed by atoms with van der Waals surface area (Å²) in [4.78, 5) is 12.6. The zero-order chi connectivity index (χ0) is 17.1. The SMILES string of the molecule is CC1=CN(N(C)C)C(=O)CC1P(c1ccccc1)c1ccccc1. The van der Waals surface area contributed by atoms with Crippen molar-refractivity contribution >= 4 is 24.4 Å². The Morgan fingerprint density at radius 1 is 0.958 bits per heavy atom. The van der Waals surface area contributed by atoms with Crippen LogP contribution >= 0.6 is 7.92 Å². The fraction of sp³-hybridized carbons (Fsp3) is 0.250. The van der Waals surface area contributed by atoms with E-state index in [1.165, 1.54) is 16.2 Å². The van der Waals surface area contributed by atoms with Crippen LogP contribution in [-0.4, -0.2) is 35.7 Å². The number of hydrogen-bond acceptors (Lipinski definition) is 2. The van der Waals surface area contributed by atoms with Gasteiger partial charge in [0, 0.05) is 32.4 Å². The number of carbonyl (C=O) groups is 1. The van der Waals surface area contributed by atoms with Crippen molar-refractivity contribution in [3.63, 3.8) is 0 Å². The first-order chi connectivity index (χ1) is 11.6. The van der Waals surface area contributed by atoms with E-state index in [4.69, 9.17) is 0 Å². The molecule has 24 heavy (non-hydrogen) atoms. The fourth-order valence-corrected chi connectivity index (χ4v) is 5.91. The van der Waals surface area contributed by atoms with E-state index < -0.39 is 7.92 Å². The molecule has 0 saturated heterocycles. The van der Waals surface area contributed by atoms with Gasteiger partial charge < -0.3 is 0 Å². The third-order valence-electron chi connectivity index (χ3n) is 4.29. The van der Waals surface area contributed by atoms with Crippen LogP contribution in [0.5, 0.6) is 0 Å². The average molecular weight is 338 g/mol. The normalized spacial score (nSPS) is 18.2. The first-order valence-electron chi connectivity index (χ1n) is 8.15. The number of rotatable bonds is 4. The molecular formula is C20H23N2OP. The van der Waals surface area contributed by atoms with Gasteiger partial charge in [-0.1, -0.05) is 60.7 Å². The van der Waals surface area contributed by atoms with E-state index in [1.807, 2.05) is 37.4 Å². The van der Waals surface area contributed by atoms with E-state index in [-0.39, 0.29) is 11.6 Å². The molecule has 0 aliphatic carbocycles. The highest BCUT2D eigenvalue weighted by Crippen LogP contribution is 2.46. The smallest absolute Gasteiger partial charge is 0.241 e. The van der Waals surface area contributed by atoms with Gasteiger partial charge in [-0.05, 0) is 31.0 Å². The topological polar surface area (TPSA) is 23.6 Å². The molecule has 2 aromatic carbocycles. The highest BCUT2D eigenvalue weighted by atomic mass is 31.1. The molecule has 1 aliphatic heterocycles. The van der Waals surface area contributed by atoms with Crippen LogP contribution in [0.1, 0.15) is 13.3 Å². The maximum absolute atomic E-state index is 12.6. The Morgan fingerprint density at radius 2 is 1.46 bits per heavy atom. The summed E-state index contributed by atoms with van der Waals surface area (Å²) < 4.78 is 0. The predicted octanol–water partition coefficient (Wildman–Crippen LogP) is 3.10. The third kappa shape index (κ3) is 3.43. The molecule has 0 fully saturated rings. The Labute approximate surface area is 145 Å². The second-order valence-corrected chi connectivity index (χ2v) is 8.62. The maximum Gasteiger partial charge on any atom is 0.241 e. The summed E-state index contributed by atoms with van der Waals surface area (Å²) >= 11 is 0. The molecule has 3 rings (SSSR count). The first-order valence-corrected chi connectivity index (χ1v) is 9.56. The minimum absolute atomic E-state index is 0.162. The van der Waals surface area contributed by atoms with Crippen LogP contribution in [0.2, 0.25) is 0 Å². The molecule has 3 nitrogen and oxygen atoms in total. The van der Waals surface area contributed by atoms with Crippen molar-refractivity contribution in [1.82, 2.24) is 10.0 Å². The molecule has 0 spiro atoms. The Bertz CT molecular complexity index is 688. The van der Waals surface area contributed by atoms with Crippen molar-refractivity contribution in [2.75, 3.05) is 14.1 Å². The van der Waals surface area contributed by atoms with E-state index in [0.29, 0.717) is 6.42 Å². The standard InChI is InChI=1S/C20H23N2OP/c1-16-15-22(21(2)3)20(23)14-19(16)24(17-10-6-4-7-11-17)18-12-8-5-9-13-18/h4-13,15,19H,14H2,1-3H3. The maximum atomic E-state index is 12.6. The van der Waals surface area contributed by atoms with Gasteiger partial charge in [-0.25, -0.2) is 5.01 Å². The molecule has 1 aliphatic rings. The molecule has 0 radical (unpaired) electrons. The van der Waals surface area contributed by atoms with Gasteiger partial charge in [-0.15, -0.1) is 0 Å². The van der Waals surface area contributed by atoms with Crippen LogP contribution in [-0.2, 0) is 4.79 Å². The fourth-order valence-electron chi connectivity index (χ4n) is 3.09. The van der Waals surface area contributed by atoms with E-state index in [0.717, 1.165) is 0 Å². The zero-order valence-electron chi connectivity index (χ0n) is 14.4. The van der Waals surface area contributed by atoms with Crippen LogP contribution in [0.4, 0.5) is 0 Å². The minimum atomic E-state index is -0.608. The molecule has 0 N–H and O–H groups in total. The lowest BCUT2D eigenvalue weighted by molar-refractivity contribution is -0.139. The lowest BCUT2D eigenvalue weighted by atomic mass is 10.1. The molecule has 1 atom stereocenters. The van der Waals surface area contributed by atoms with E-state index >= 15 is 0 Å². The predicted molar refractivity (Wildman–Crippen MR) is 102 cm³/mol. The minimum Gasteiger partial charge on any atom is -0.273 e. The Balaban J connectivity index is 2.04. The molecule has 2 aromatic rings. The van der Waals surface area contributed by atoms with Crippen molar-refractivity contribution in [3.8, 4) is 0 Å². The Hall–Kier alpha value is -1.96. The average Bonchev–Trinajstić information content (AvgIpc) is 2.59. The number of allylic oxidation sites excluding steroid dienone is 1. The number of benzene rings is 2. The van der Waals surface area contributed by atoms with Gasteiger partial charge in [0.25, 0.3) is 0 Å². The molecule has 0 bridgehead atoms. The zero-order valence-corrected chi connectivity index (χ0v) is 15.3. The van der Waals surface area contributed by atoms with E-state index in [2.05, 4.69) is 55.5 Å². The van der Waals surface area contributed by atoms with Gasteiger partial charge >= 0.3 is 0 Å². The molecule has 0 aromatic heterocycles. The summed E-state index contributed by atoms with van der Waals surface area (Å²) in [5.74, 6) is 0.162. The van der Waals surface area contributed by atoms with Gasteiger partial charge in [0.05, 0.1) is 0 Å². The second-order valence-electron chi connectivity index (χ2n) is 6.22. The van der Waals surface area contributed by atoms with Crippen LogP contribution in [0.15, 0.2) is 72.4 Å². The molecular weight excluding hydrogens is 315 g/mol. The highest BCUT2D eigenvalue weighted by Gasteiger charge is 2.33. The quantitative estimate of drug-likeness (QED) is 0.800. The highest BCUT2D eigenvalue weighted by molar-refractivity contribution is 7.73. The van der Waals surface area contributed by atoms with Gasteiger partial charge in [0.2, 0.25) is 5.91 Å². The van der Waals surface area contributed by atoms with Gasteiger partial charge in [-0.2, -0.15) is 0 Å². The third-order valence-corrected chi connectivity index (χ3v) is 7.21. The molecule has 4 heteroatoms. The molecule has 124 valence electrons. The number of hydrogen-bond donors (Lipinski definition) is 0. The Kier molecular flexibility index (Phi) is 5.13. The Morgan fingerprint density at radius 3 is 1.92 bits per heavy atom. The summed E-state index contributed by atoms with van der Waals surface area (Å²) in [5.41, 5.74) is 1.51. The summed E-state index contributed by atoms with van der Waals surface area (Å²) in [6.45, 7) is 2.15. The number of carbonyl (C=O) groups excluding carboxylic acids is 1. The second kappa shape index (κ2) is 7.29. The van der Waals surface area contributed by atoms with Gasteiger partial charge in [-0.3, -0.25) is 9.80 Å². The van der Waals surface area contributed by atoms with Crippen molar-refractivity contribution < 1.29 is 4.79 Å². The van der Waals surface area contributed by atoms with Gasteiger partial charge in [0.1, 0.15) is 0 Å². The lowest BCUT2D eigenvalue weighted by Gasteiger charge is -2.37. The van der Waals surface area contributed by atoms with Gasteiger partial charge in [0.15, 0.2) is 0 Å². The molecule has 1 amide bonds. The van der Waals surface area contributed by atoms with Crippen LogP contribution in [0.3, 0.4) is 0 Å². The number of hydrazine groups is 1. The summed E-state index contributed by atoms with van der Waals surface area (Å²) in [5, 5.41) is 6.20. The number of nitrogens with zero attached hydrogens (tertiary/aromatic N) is 2. The van der Waals surface area contributed by atoms with Crippen molar-refractivity contribution in [3.05, 3.63) is 72.4 Å². The van der Waals surface area contributed by atoms with E-state index in [9.17, 15) is 4.79 Å². The first kappa shape index (κ1) is 16.9. The van der Waals surface area contributed by atoms with Crippen molar-refractivity contribution in [1.29, 1.82) is 0 Å². The van der Waals surface area contributed by atoms with Crippen LogP contribution in [0.25, 0.3) is 0 Å². The van der Waals surface area contributed by atoms with E-state index in [1.54, 1.807) is 5.01 Å². The van der Waals surface area contributed by atoms with Crippen LogP contribution < -0.4 is 10.6 Å². The lowest BCUT2D eigenvalue weighted by Crippen LogP contribution is -2.43. The largest absolute Gasteiger partial charge is 0.273 e. The monoisotopic (exact) mass is 338 g/mol.